The molecule has 0 amide bonds. The molecule has 1 aromatic heterocycles. The highest BCUT2D eigenvalue weighted by atomic mass is 35.5. The Morgan fingerprint density at radius 1 is 1.18 bits per heavy atom. The Balaban J connectivity index is 2.53. The lowest BCUT2D eigenvalue weighted by molar-refractivity contribution is 0.475. The van der Waals surface area contributed by atoms with Gasteiger partial charge in [-0.3, -0.25) is 4.79 Å². The average Bonchev–Trinajstić information content (AvgIpc) is 2.50. The van der Waals surface area contributed by atoms with E-state index in [-0.39, 0.29) is 17.9 Å². The number of nitrogens with two attached hydrogens (primary N) is 1. The van der Waals surface area contributed by atoms with Gasteiger partial charge in [-0.05, 0) is 41.3 Å². The van der Waals surface area contributed by atoms with E-state index in [1.165, 1.54) is 0 Å². The molecule has 112 valence electrons. The van der Waals surface area contributed by atoms with Gasteiger partial charge in [0, 0.05) is 35.3 Å². The lowest BCUT2D eigenvalue weighted by Gasteiger charge is -2.16. The number of benzene rings is 2. The normalized spacial score (nSPS) is 11.0. The SMILES string of the molecule is Cn1c(CN)c(-c2cccc(O)c2)c2cc(Cl)ccc2c1=O. The molecule has 0 atom stereocenters. The van der Waals surface area contributed by atoms with Crippen LogP contribution in [0.4, 0.5) is 0 Å². The van der Waals surface area contributed by atoms with E-state index >= 15 is 0 Å². The zero-order valence-electron chi connectivity index (χ0n) is 12.0. The van der Waals surface area contributed by atoms with Crippen LogP contribution in [-0.4, -0.2) is 9.67 Å². The van der Waals surface area contributed by atoms with Crippen LogP contribution < -0.4 is 11.3 Å². The Morgan fingerprint density at radius 3 is 2.64 bits per heavy atom. The first kappa shape index (κ1) is 14.6. The minimum absolute atomic E-state index is 0.115. The van der Waals surface area contributed by atoms with E-state index < -0.39 is 0 Å². The number of hydrogen-bond acceptors (Lipinski definition) is 3. The molecule has 0 unspecified atom stereocenters. The number of halogens is 1. The molecule has 5 heteroatoms. The van der Waals surface area contributed by atoms with Crippen LogP contribution in [0.5, 0.6) is 5.75 Å². The van der Waals surface area contributed by atoms with Crippen molar-refractivity contribution >= 4 is 22.4 Å². The predicted molar refractivity (Wildman–Crippen MR) is 89.2 cm³/mol. The Labute approximate surface area is 132 Å². The van der Waals surface area contributed by atoms with Crippen molar-refractivity contribution < 1.29 is 5.11 Å². The third-order valence-corrected chi connectivity index (χ3v) is 4.04. The number of aromatic hydroxyl groups is 1. The topological polar surface area (TPSA) is 68.2 Å². The van der Waals surface area contributed by atoms with E-state index in [9.17, 15) is 9.90 Å². The van der Waals surface area contributed by atoms with Crippen molar-refractivity contribution in [2.75, 3.05) is 0 Å². The molecule has 4 nitrogen and oxygen atoms in total. The highest BCUT2D eigenvalue weighted by Gasteiger charge is 2.16. The first-order valence-electron chi connectivity index (χ1n) is 6.83. The Kier molecular flexibility index (Phi) is 3.64. The Hall–Kier alpha value is -2.30. The van der Waals surface area contributed by atoms with E-state index in [0.29, 0.717) is 16.1 Å². The van der Waals surface area contributed by atoms with Gasteiger partial charge in [-0.15, -0.1) is 0 Å². The highest BCUT2D eigenvalue weighted by Crippen LogP contribution is 2.33. The van der Waals surface area contributed by atoms with Crippen LogP contribution in [0.15, 0.2) is 47.3 Å². The van der Waals surface area contributed by atoms with Crippen LogP contribution >= 0.6 is 11.6 Å². The number of nitrogens with zero attached hydrogens (tertiary/aromatic N) is 1. The molecule has 3 aromatic rings. The molecule has 3 N–H and O–H groups in total. The first-order valence-corrected chi connectivity index (χ1v) is 7.21. The minimum atomic E-state index is -0.115. The van der Waals surface area contributed by atoms with E-state index in [1.807, 2.05) is 6.07 Å². The summed E-state index contributed by atoms with van der Waals surface area (Å²) in [5, 5.41) is 11.6. The van der Waals surface area contributed by atoms with Crippen LogP contribution in [0, 0.1) is 0 Å². The molecular formula is C17H15ClN2O2. The third-order valence-electron chi connectivity index (χ3n) is 3.81. The Bertz CT molecular complexity index is 932. The molecule has 0 saturated heterocycles. The number of aromatic nitrogens is 1. The van der Waals surface area contributed by atoms with Gasteiger partial charge in [-0.2, -0.15) is 0 Å². The summed E-state index contributed by atoms with van der Waals surface area (Å²) in [5.41, 5.74) is 8.07. The van der Waals surface area contributed by atoms with E-state index in [1.54, 1.807) is 48.0 Å². The van der Waals surface area contributed by atoms with Gasteiger partial charge in [0.1, 0.15) is 5.75 Å². The van der Waals surface area contributed by atoms with E-state index in [0.717, 1.165) is 16.5 Å². The van der Waals surface area contributed by atoms with Crippen molar-refractivity contribution in [3.05, 3.63) is 63.5 Å². The van der Waals surface area contributed by atoms with Gasteiger partial charge >= 0.3 is 0 Å². The predicted octanol–water partition coefficient (Wildman–Crippen LogP) is 3.02. The molecule has 3 rings (SSSR count). The molecule has 1 heterocycles. The van der Waals surface area contributed by atoms with Gasteiger partial charge in [0.25, 0.3) is 5.56 Å². The lowest BCUT2D eigenvalue weighted by Crippen LogP contribution is -2.23. The summed E-state index contributed by atoms with van der Waals surface area (Å²) in [6.07, 6.45) is 0. The fourth-order valence-electron chi connectivity index (χ4n) is 2.76. The largest absolute Gasteiger partial charge is 0.508 e. The third kappa shape index (κ3) is 2.26. The monoisotopic (exact) mass is 314 g/mol. The molecule has 2 aromatic carbocycles. The Morgan fingerprint density at radius 2 is 1.95 bits per heavy atom. The molecular weight excluding hydrogens is 300 g/mol. The second-order valence-corrected chi connectivity index (χ2v) is 5.57. The van der Waals surface area contributed by atoms with Gasteiger partial charge in [0.15, 0.2) is 0 Å². The van der Waals surface area contributed by atoms with Crippen molar-refractivity contribution in [3.63, 3.8) is 0 Å². The van der Waals surface area contributed by atoms with Crippen LogP contribution in [0.2, 0.25) is 5.02 Å². The van der Waals surface area contributed by atoms with Crippen LogP contribution in [0.25, 0.3) is 21.9 Å². The number of fused-ring (bicyclic) bond motifs is 1. The van der Waals surface area contributed by atoms with Crippen LogP contribution in [0.3, 0.4) is 0 Å². The number of hydrogen-bond donors (Lipinski definition) is 2. The quantitative estimate of drug-likeness (QED) is 0.764. The molecule has 22 heavy (non-hydrogen) atoms. The molecule has 0 aliphatic heterocycles. The zero-order valence-corrected chi connectivity index (χ0v) is 12.8. The van der Waals surface area contributed by atoms with Gasteiger partial charge in [-0.1, -0.05) is 23.7 Å². The van der Waals surface area contributed by atoms with Gasteiger partial charge < -0.3 is 15.4 Å². The molecule has 0 spiro atoms. The van der Waals surface area contributed by atoms with E-state index in [2.05, 4.69) is 0 Å². The number of phenolic OH excluding ortho intramolecular Hbond substituents is 1. The molecule has 0 fully saturated rings. The maximum Gasteiger partial charge on any atom is 0.258 e. The van der Waals surface area contributed by atoms with Gasteiger partial charge in [-0.25, -0.2) is 0 Å². The van der Waals surface area contributed by atoms with Crippen molar-refractivity contribution in [3.8, 4) is 16.9 Å². The number of rotatable bonds is 2. The zero-order chi connectivity index (χ0) is 15.9. The summed E-state index contributed by atoms with van der Waals surface area (Å²) in [6, 6.07) is 12.1. The molecule has 0 saturated carbocycles. The van der Waals surface area contributed by atoms with Gasteiger partial charge in [0.05, 0.1) is 0 Å². The summed E-state index contributed by atoms with van der Waals surface area (Å²) in [7, 11) is 1.70. The molecule has 0 aliphatic rings. The van der Waals surface area contributed by atoms with Crippen molar-refractivity contribution in [2.45, 2.75) is 6.54 Å². The molecule has 0 radical (unpaired) electrons. The highest BCUT2D eigenvalue weighted by molar-refractivity contribution is 6.31. The maximum atomic E-state index is 12.5. The standard InChI is InChI=1S/C17H15ClN2O2/c1-20-15(9-19)16(10-3-2-4-12(21)7-10)14-8-11(18)5-6-13(14)17(20)22/h2-8,21H,9,19H2,1H3. The second-order valence-electron chi connectivity index (χ2n) is 5.13. The van der Waals surface area contributed by atoms with Crippen LogP contribution in [0.1, 0.15) is 5.69 Å². The summed E-state index contributed by atoms with van der Waals surface area (Å²) in [5.74, 6) is 0.157. The van der Waals surface area contributed by atoms with Gasteiger partial charge in [0.2, 0.25) is 0 Å². The fraction of sp³-hybridized carbons (Fsp3) is 0.118. The summed E-state index contributed by atoms with van der Waals surface area (Å²) in [6.45, 7) is 0.208. The average molecular weight is 315 g/mol. The van der Waals surface area contributed by atoms with Crippen molar-refractivity contribution in [2.24, 2.45) is 12.8 Å². The van der Waals surface area contributed by atoms with Crippen molar-refractivity contribution in [1.82, 2.24) is 4.57 Å². The second kappa shape index (κ2) is 5.48. The summed E-state index contributed by atoms with van der Waals surface area (Å²) in [4.78, 5) is 12.5. The lowest BCUT2D eigenvalue weighted by atomic mass is 9.96. The van der Waals surface area contributed by atoms with Crippen LogP contribution in [-0.2, 0) is 13.6 Å². The smallest absolute Gasteiger partial charge is 0.258 e. The molecule has 0 bridgehead atoms. The maximum absolute atomic E-state index is 12.5. The fourth-order valence-corrected chi connectivity index (χ4v) is 2.93. The summed E-state index contributed by atoms with van der Waals surface area (Å²) >= 11 is 6.11. The number of phenols is 1. The van der Waals surface area contributed by atoms with E-state index in [4.69, 9.17) is 17.3 Å². The van der Waals surface area contributed by atoms with Crippen molar-refractivity contribution in [1.29, 1.82) is 0 Å². The number of pyridine rings is 1. The molecule has 0 aliphatic carbocycles. The summed E-state index contributed by atoms with van der Waals surface area (Å²) < 4.78 is 1.55. The minimum Gasteiger partial charge on any atom is -0.508 e. The first-order chi connectivity index (χ1) is 10.5.